The monoisotopic (exact) mass is 421 g/mol. The fourth-order valence-electron chi connectivity index (χ4n) is 3.82. The van der Waals surface area contributed by atoms with Gasteiger partial charge in [0.1, 0.15) is 11.4 Å². The van der Waals surface area contributed by atoms with Crippen molar-refractivity contribution >= 4 is 5.91 Å². The van der Waals surface area contributed by atoms with Gasteiger partial charge in [-0.1, -0.05) is 29.4 Å². The second-order valence-corrected chi connectivity index (χ2v) is 7.76. The van der Waals surface area contributed by atoms with Gasteiger partial charge in [0.15, 0.2) is 0 Å². The third-order valence-electron chi connectivity index (χ3n) is 5.56. The van der Waals surface area contributed by atoms with Crippen molar-refractivity contribution in [3.63, 3.8) is 0 Å². The molecule has 1 amide bonds. The zero-order valence-electron chi connectivity index (χ0n) is 17.6. The van der Waals surface area contributed by atoms with Gasteiger partial charge in [-0.2, -0.15) is 0 Å². The lowest BCUT2D eigenvalue weighted by Crippen LogP contribution is -2.38. The quantitative estimate of drug-likeness (QED) is 0.582. The standard InChI is InChI=1S/C24H27N3O4/c1-30-21-8-6-18(7-9-21)22-14-23(31-26-22)24(29)25-12-10-20(28)16-27-13-11-17-4-2-3-5-19(17)15-27/h2-9,14,20,28H,10-13,15-16H2,1H3,(H,25,29). The number of aliphatic hydroxyl groups is 1. The number of fused-ring (bicyclic) bond motifs is 1. The summed E-state index contributed by atoms with van der Waals surface area (Å²) in [7, 11) is 1.61. The summed E-state index contributed by atoms with van der Waals surface area (Å²) in [6.45, 7) is 2.75. The van der Waals surface area contributed by atoms with Crippen LogP contribution in [0.1, 0.15) is 28.1 Å². The maximum atomic E-state index is 12.3. The Morgan fingerprint density at radius 2 is 2.00 bits per heavy atom. The molecule has 1 unspecified atom stereocenters. The number of hydrogen-bond acceptors (Lipinski definition) is 6. The first-order chi connectivity index (χ1) is 15.1. The van der Waals surface area contributed by atoms with Crippen molar-refractivity contribution in [1.29, 1.82) is 0 Å². The Kier molecular flexibility index (Phi) is 6.64. The number of aliphatic hydroxyl groups excluding tert-OH is 1. The minimum atomic E-state index is -0.504. The molecule has 162 valence electrons. The molecular formula is C24H27N3O4. The van der Waals surface area contributed by atoms with Crippen LogP contribution < -0.4 is 10.1 Å². The molecule has 2 N–H and O–H groups in total. The molecule has 0 saturated carbocycles. The van der Waals surface area contributed by atoms with Crippen LogP contribution in [0.15, 0.2) is 59.1 Å². The second kappa shape index (κ2) is 9.76. The maximum absolute atomic E-state index is 12.3. The van der Waals surface area contributed by atoms with Crippen molar-refractivity contribution in [2.75, 3.05) is 26.7 Å². The number of benzene rings is 2. The summed E-state index contributed by atoms with van der Waals surface area (Å²) >= 11 is 0. The molecule has 1 aliphatic rings. The molecule has 0 aliphatic carbocycles. The van der Waals surface area contributed by atoms with Crippen LogP contribution in [0.25, 0.3) is 11.3 Å². The fourth-order valence-corrected chi connectivity index (χ4v) is 3.82. The lowest BCUT2D eigenvalue weighted by molar-refractivity contribution is 0.0866. The number of methoxy groups -OCH3 is 1. The Morgan fingerprint density at radius 3 is 2.77 bits per heavy atom. The van der Waals surface area contributed by atoms with E-state index in [0.29, 0.717) is 25.2 Å². The minimum absolute atomic E-state index is 0.146. The molecule has 0 radical (unpaired) electrons. The van der Waals surface area contributed by atoms with Crippen molar-refractivity contribution in [2.24, 2.45) is 0 Å². The molecule has 0 fully saturated rings. The summed E-state index contributed by atoms with van der Waals surface area (Å²) in [4.78, 5) is 14.6. The molecule has 2 heterocycles. The van der Waals surface area contributed by atoms with Gasteiger partial charge in [0.2, 0.25) is 5.76 Å². The van der Waals surface area contributed by atoms with Gasteiger partial charge in [-0.15, -0.1) is 0 Å². The number of carbonyl (C=O) groups excluding carboxylic acids is 1. The molecule has 4 rings (SSSR count). The van der Waals surface area contributed by atoms with Gasteiger partial charge >= 0.3 is 0 Å². The Bertz CT molecular complexity index is 1020. The van der Waals surface area contributed by atoms with Crippen molar-refractivity contribution in [1.82, 2.24) is 15.4 Å². The Morgan fingerprint density at radius 1 is 1.23 bits per heavy atom. The highest BCUT2D eigenvalue weighted by Gasteiger charge is 2.19. The SMILES string of the molecule is COc1ccc(-c2cc(C(=O)NCCC(O)CN3CCc4ccccc4C3)on2)cc1. The number of hydrogen-bond donors (Lipinski definition) is 2. The predicted octanol–water partition coefficient (Wildman–Crippen LogP) is 2.89. The zero-order chi connectivity index (χ0) is 21.6. The van der Waals surface area contributed by atoms with Crippen molar-refractivity contribution in [3.05, 3.63) is 71.5 Å². The number of ether oxygens (including phenoxy) is 1. The molecular weight excluding hydrogens is 394 g/mol. The van der Waals surface area contributed by atoms with Crippen molar-refractivity contribution in [2.45, 2.75) is 25.5 Å². The predicted molar refractivity (Wildman–Crippen MR) is 117 cm³/mol. The number of β-amino-alcohol motifs (C(OH)–C–C–N with tert-alkyl or cyclic N) is 1. The van der Waals surface area contributed by atoms with Gasteiger partial charge in [0.05, 0.1) is 13.2 Å². The molecule has 0 spiro atoms. The Hall–Kier alpha value is -3.16. The maximum Gasteiger partial charge on any atom is 0.289 e. The summed E-state index contributed by atoms with van der Waals surface area (Å²) in [5.41, 5.74) is 4.13. The molecule has 1 aromatic heterocycles. The highest BCUT2D eigenvalue weighted by atomic mass is 16.5. The smallest absolute Gasteiger partial charge is 0.289 e. The third-order valence-corrected chi connectivity index (χ3v) is 5.56. The molecule has 7 nitrogen and oxygen atoms in total. The molecule has 2 aromatic carbocycles. The zero-order valence-corrected chi connectivity index (χ0v) is 17.6. The van der Waals surface area contributed by atoms with E-state index in [2.05, 4.69) is 39.6 Å². The lowest BCUT2D eigenvalue weighted by atomic mass is 9.99. The van der Waals surface area contributed by atoms with Crippen LogP contribution in [0.2, 0.25) is 0 Å². The molecule has 0 bridgehead atoms. The molecule has 3 aromatic rings. The average Bonchev–Trinajstić information content (AvgIpc) is 3.29. The van der Waals surface area contributed by atoms with Gasteiger partial charge < -0.3 is 19.7 Å². The minimum Gasteiger partial charge on any atom is -0.497 e. The van der Waals surface area contributed by atoms with E-state index in [-0.39, 0.29) is 11.7 Å². The number of nitrogens with one attached hydrogen (secondary N) is 1. The molecule has 0 saturated heterocycles. The van der Waals surface area contributed by atoms with E-state index in [9.17, 15) is 9.90 Å². The summed E-state index contributed by atoms with van der Waals surface area (Å²) < 4.78 is 10.3. The number of carbonyl (C=O) groups is 1. The summed E-state index contributed by atoms with van der Waals surface area (Å²) in [5.74, 6) is 0.553. The van der Waals surface area contributed by atoms with E-state index in [1.165, 1.54) is 11.1 Å². The van der Waals surface area contributed by atoms with Crippen molar-refractivity contribution < 1.29 is 19.2 Å². The van der Waals surface area contributed by atoms with E-state index < -0.39 is 6.10 Å². The number of rotatable bonds is 8. The Balaban J connectivity index is 1.22. The fraction of sp³-hybridized carbons (Fsp3) is 0.333. The van der Waals surface area contributed by atoms with Crippen LogP contribution in [0.3, 0.4) is 0 Å². The largest absolute Gasteiger partial charge is 0.497 e. The number of aromatic nitrogens is 1. The highest BCUT2D eigenvalue weighted by molar-refractivity contribution is 5.92. The van der Waals surface area contributed by atoms with Crippen LogP contribution >= 0.6 is 0 Å². The number of amides is 1. The van der Waals surface area contributed by atoms with Crippen LogP contribution in [0.4, 0.5) is 0 Å². The second-order valence-electron chi connectivity index (χ2n) is 7.76. The molecule has 1 aliphatic heterocycles. The molecule has 1 atom stereocenters. The normalized spacial score (nSPS) is 14.6. The summed E-state index contributed by atoms with van der Waals surface area (Å²) in [6.07, 6.45) is 0.973. The van der Waals surface area contributed by atoms with Crippen LogP contribution in [-0.2, 0) is 13.0 Å². The van der Waals surface area contributed by atoms with Crippen LogP contribution in [0, 0.1) is 0 Å². The number of nitrogens with zero attached hydrogens (tertiary/aromatic N) is 2. The van der Waals surface area contributed by atoms with Gasteiger partial charge in [-0.3, -0.25) is 9.69 Å². The van der Waals surface area contributed by atoms with E-state index in [1.54, 1.807) is 13.2 Å². The summed E-state index contributed by atoms with van der Waals surface area (Å²) in [5, 5.41) is 17.2. The van der Waals surface area contributed by atoms with Gasteiger partial charge in [0, 0.05) is 37.8 Å². The topological polar surface area (TPSA) is 87.8 Å². The highest BCUT2D eigenvalue weighted by Crippen LogP contribution is 2.22. The first-order valence-corrected chi connectivity index (χ1v) is 10.5. The van der Waals surface area contributed by atoms with E-state index in [0.717, 1.165) is 30.8 Å². The van der Waals surface area contributed by atoms with Gasteiger partial charge in [-0.05, 0) is 48.2 Å². The lowest BCUT2D eigenvalue weighted by Gasteiger charge is -2.30. The summed E-state index contributed by atoms with van der Waals surface area (Å²) in [6, 6.07) is 17.4. The molecule has 7 heteroatoms. The van der Waals surface area contributed by atoms with E-state index in [4.69, 9.17) is 9.26 Å². The van der Waals surface area contributed by atoms with Crippen molar-refractivity contribution in [3.8, 4) is 17.0 Å². The van der Waals surface area contributed by atoms with E-state index in [1.807, 2.05) is 24.3 Å². The average molecular weight is 421 g/mol. The van der Waals surface area contributed by atoms with E-state index >= 15 is 0 Å². The third kappa shape index (κ3) is 5.31. The first kappa shape index (κ1) is 21.1. The molecule has 31 heavy (non-hydrogen) atoms. The Labute approximate surface area is 181 Å². The van der Waals surface area contributed by atoms with Crippen LogP contribution in [0.5, 0.6) is 5.75 Å². The first-order valence-electron chi connectivity index (χ1n) is 10.5. The van der Waals surface area contributed by atoms with Gasteiger partial charge in [0.25, 0.3) is 5.91 Å². The van der Waals surface area contributed by atoms with Crippen LogP contribution in [-0.4, -0.2) is 53.9 Å². The van der Waals surface area contributed by atoms with Gasteiger partial charge in [-0.25, -0.2) is 0 Å².